The summed E-state index contributed by atoms with van der Waals surface area (Å²) in [6, 6.07) is 0. The fourth-order valence-electron chi connectivity index (χ4n) is 3.65. The van der Waals surface area contributed by atoms with Gasteiger partial charge in [0.25, 0.3) is 0 Å². The first-order chi connectivity index (χ1) is 8.65. The predicted octanol–water partition coefficient (Wildman–Crippen LogP) is 3.42. The second-order valence-corrected chi connectivity index (χ2v) is 7.18. The van der Waals surface area contributed by atoms with Crippen molar-refractivity contribution < 1.29 is 5.11 Å². The van der Waals surface area contributed by atoms with Crippen molar-refractivity contribution in [3.05, 3.63) is 0 Å². The van der Waals surface area contributed by atoms with E-state index in [2.05, 4.69) is 27.8 Å². The Labute approximate surface area is 120 Å². The molecule has 18 heavy (non-hydrogen) atoms. The van der Waals surface area contributed by atoms with Crippen molar-refractivity contribution in [2.24, 2.45) is 11.3 Å². The molecule has 2 nitrogen and oxygen atoms in total. The highest BCUT2D eigenvalue weighted by atomic mass is 79.9. The van der Waals surface area contributed by atoms with Crippen LogP contribution < -0.4 is 0 Å². The quantitative estimate of drug-likeness (QED) is 0.637. The maximum absolute atomic E-state index is 9.83. The first kappa shape index (κ1) is 14.8. The van der Waals surface area contributed by atoms with E-state index in [0.29, 0.717) is 11.3 Å². The molecule has 0 bridgehead atoms. The number of alkyl halides is 1. The van der Waals surface area contributed by atoms with Gasteiger partial charge in [-0.3, -0.25) is 0 Å². The molecular formula is C15H28BrNO. The van der Waals surface area contributed by atoms with Gasteiger partial charge in [0.2, 0.25) is 0 Å². The number of likely N-dealkylation sites (tertiary alicyclic amines) is 1. The van der Waals surface area contributed by atoms with Crippen molar-refractivity contribution in [1.82, 2.24) is 4.90 Å². The van der Waals surface area contributed by atoms with Crippen LogP contribution in [0.5, 0.6) is 0 Å². The Hall–Kier alpha value is 0.400. The molecule has 0 radical (unpaired) electrons. The van der Waals surface area contributed by atoms with E-state index in [4.69, 9.17) is 0 Å². The van der Waals surface area contributed by atoms with E-state index in [1.165, 1.54) is 45.1 Å². The summed E-state index contributed by atoms with van der Waals surface area (Å²) in [5, 5.41) is 11.0. The SMILES string of the molecule is CC1CN(CC2(CBr)CCCCCC2)CCC1O. The zero-order chi connectivity index (χ0) is 13.0. The molecule has 1 saturated carbocycles. The first-order valence-electron chi connectivity index (χ1n) is 7.62. The van der Waals surface area contributed by atoms with Crippen LogP contribution in [-0.4, -0.2) is 41.1 Å². The molecule has 2 unspecified atom stereocenters. The third-order valence-corrected chi connectivity index (χ3v) is 6.14. The van der Waals surface area contributed by atoms with Crippen LogP contribution in [0.15, 0.2) is 0 Å². The van der Waals surface area contributed by atoms with Gasteiger partial charge in [0.15, 0.2) is 0 Å². The first-order valence-corrected chi connectivity index (χ1v) is 8.74. The second kappa shape index (κ2) is 6.71. The predicted molar refractivity (Wildman–Crippen MR) is 80.2 cm³/mol. The highest BCUT2D eigenvalue weighted by Gasteiger charge is 2.34. The summed E-state index contributed by atoms with van der Waals surface area (Å²) in [4.78, 5) is 2.60. The molecule has 1 heterocycles. The molecule has 2 fully saturated rings. The molecule has 2 atom stereocenters. The third kappa shape index (κ3) is 3.71. The van der Waals surface area contributed by atoms with Crippen LogP contribution in [0, 0.1) is 11.3 Å². The van der Waals surface area contributed by atoms with E-state index >= 15 is 0 Å². The minimum atomic E-state index is -0.0738. The van der Waals surface area contributed by atoms with Crippen LogP contribution in [-0.2, 0) is 0 Å². The number of hydrogen-bond acceptors (Lipinski definition) is 2. The normalized spacial score (nSPS) is 34.2. The lowest BCUT2D eigenvalue weighted by Gasteiger charge is -2.41. The standard InChI is InChI=1S/C15H28BrNO/c1-13-10-17(9-6-14(13)18)12-15(11-16)7-4-2-3-5-8-15/h13-14,18H,2-12H2,1H3. The van der Waals surface area contributed by atoms with Gasteiger partial charge in [-0.2, -0.15) is 0 Å². The number of aliphatic hydroxyl groups excluding tert-OH is 1. The lowest BCUT2D eigenvalue weighted by molar-refractivity contribution is 0.0172. The summed E-state index contributed by atoms with van der Waals surface area (Å²) in [6.45, 7) is 5.58. The van der Waals surface area contributed by atoms with Crippen molar-refractivity contribution in [3.8, 4) is 0 Å². The average molecular weight is 318 g/mol. The van der Waals surface area contributed by atoms with Gasteiger partial charge in [-0.15, -0.1) is 0 Å². The molecule has 0 aromatic heterocycles. The molecule has 1 saturated heterocycles. The molecule has 2 rings (SSSR count). The number of halogens is 1. The fourth-order valence-corrected chi connectivity index (χ4v) is 4.39. The summed E-state index contributed by atoms with van der Waals surface area (Å²) in [7, 11) is 0. The average Bonchev–Trinajstić information content (AvgIpc) is 2.60. The number of rotatable bonds is 3. The molecule has 0 spiro atoms. The lowest BCUT2D eigenvalue weighted by Crippen LogP contribution is -2.47. The Bertz CT molecular complexity index is 251. The zero-order valence-electron chi connectivity index (χ0n) is 11.7. The van der Waals surface area contributed by atoms with Gasteiger partial charge >= 0.3 is 0 Å². The minimum Gasteiger partial charge on any atom is -0.393 e. The topological polar surface area (TPSA) is 23.5 Å². The molecule has 2 aliphatic rings. The number of hydrogen-bond donors (Lipinski definition) is 1. The molecule has 1 aliphatic heterocycles. The highest BCUT2D eigenvalue weighted by Crippen LogP contribution is 2.38. The molecule has 106 valence electrons. The highest BCUT2D eigenvalue weighted by molar-refractivity contribution is 9.09. The summed E-state index contributed by atoms with van der Waals surface area (Å²) in [5.41, 5.74) is 0.499. The molecule has 0 aromatic rings. The van der Waals surface area contributed by atoms with E-state index in [0.717, 1.165) is 24.8 Å². The zero-order valence-corrected chi connectivity index (χ0v) is 13.3. The lowest BCUT2D eigenvalue weighted by atomic mass is 9.81. The molecule has 3 heteroatoms. The van der Waals surface area contributed by atoms with Gasteiger partial charge < -0.3 is 10.0 Å². The van der Waals surface area contributed by atoms with Crippen LogP contribution in [0.2, 0.25) is 0 Å². The van der Waals surface area contributed by atoms with Crippen LogP contribution >= 0.6 is 15.9 Å². The van der Waals surface area contributed by atoms with Crippen LogP contribution in [0.1, 0.15) is 51.9 Å². The molecule has 0 amide bonds. The van der Waals surface area contributed by atoms with E-state index < -0.39 is 0 Å². The van der Waals surface area contributed by atoms with Crippen molar-refractivity contribution in [2.45, 2.75) is 58.0 Å². The van der Waals surface area contributed by atoms with Crippen LogP contribution in [0.3, 0.4) is 0 Å². The van der Waals surface area contributed by atoms with Gasteiger partial charge in [-0.05, 0) is 30.6 Å². The van der Waals surface area contributed by atoms with Gasteiger partial charge in [0, 0.05) is 25.0 Å². The Balaban J connectivity index is 1.92. The number of nitrogens with zero attached hydrogens (tertiary/aromatic N) is 1. The number of piperidine rings is 1. The van der Waals surface area contributed by atoms with Crippen molar-refractivity contribution in [2.75, 3.05) is 25.0 Å². The monoisotopic (exact) mass is 317 g/mol. The van der Waals surface area contributed by atoms with Gasteiger partial charge in [-0.1, -0.05) is 48.5 Å². The summed E-state index contributed by atoms with van der Waals surface area (Å²) < 4.78 is 0. The van der Waals surface area contributed by atoms with Crippen molar-refractivity contribution >= 4 is 15.9 Å². The summed E-state index contributed by atoms with van der Waals surface area (Å²) >= 11 is 3.78. The maximum atomic E-state index is 9.83. The van der Waals surface area contributed by atoms with Gasteiger partial charge in [0.1, 0.15) is 0 Å². The fraction of sp³-hybridized carbons (Fsp3) is 1.00. The van der Waals surface area contributed by atoms with Crippen LogP contribution in [0.4, 0.5) is 0 Å². The maximum Gasteiger partial charge on any atom is 0.0590 e. The van der Waals surface area contributed by atoms with E-state index in [1.807, 2.05) is 0 Å². The van der Waals surface area contributed by atoms with Gasteiger partial charge in [-0.25, -0.2) is 0 Å². The van der Waals surface area contributed by atoms with E-state index in [9.17, 15) is 5.11 Å². The molecular weight excluding hydrogens is 290 g/mol. The Kier molecular flexibility index (Phi) is 5.52. The summed E-state index contributed by atoms with van der Waals surface area (Å²) in [5.74, 6) is 0.442. The second-order valence-electron chi connectivity index (χ2n) is 6.62. The molecule has 1 aliphatic carbocycles. The van der Waals surface area contributed by atoms with E-state index in [1.54, 1.807) is 0 Å². The van der Waals surface area contributed by atoms with Crippen molar-refractivity contribution in [1.29, 1.82) is 0 Å². The van der Waals surface area contributed by atoms with E-state index in [-0.39, 0.29) is 6.10 Å². The molecule has 0 aromatic carbocycles. The summed E-state index contributed by atoms with van der Waals surface area (Å²) in [6.07, 6.45) is 9.29. The Morgan fingerprint density at radius 3 is 2.44 bits per heavy atom. The Morgan fingerprint density at radius 2 is 1.89 bits per heavy atom. The Morgan fingerprint density at radius 1 is 1.22 bits per heavy atom. The smallest absolute Gasteiger partial charge is 0.0590 e. The van der Waals surface area contributed by atoms with Crippen LogP contribution in [0.25, 0.3) is 0 Å². The van der Waals surface area contributed by atoms with Crippen molar-refractivity contribution in [3.63, 3.8) is 0 Å². The minimum absolute atomic E-state index is 0.0738. The van der Waals surface area contributed by atoms with Gasteiger partial charge in [0.05, 0.1) is 6.10 Å². The third-order valence-electron chi connectivity index (χ3n) is 4.95. The molecule has 1 N–H and O–H groups in total. The largest absolute Gasteiger partial charge is 0.393 e. The number of aliphatic hydroxyl groups is 1.